The Morgan fingerprint density at radius 2 is 1.86 bits per heavy atom. The summed E-state index contributed by atoms with van der Waals surface area (Å²) in [5.41, 5.74) is 2.63. The molecule has 0 spiro atoms. The van der Waals surface area contributed by atoms with Crippen LogP contribution in [-0.4, -0.2) is 23.9 Å². The van der Waals surface area contributed by atoms with Crippen LogP contribution in [0.3, 0.4) is 0 Å². The van der Waals surface area contributed by atoms with Gasteiger partial charge in [-0.05, 0) is 54.1 Å². The van der Waals surface area contributed by atoms with Gasteiger partial charge in [-0.1, -0.05) is 6.07 Å². The molecule has 0 atom stereocenters. The number of methoxy groups -OCH3 is 1. The summed E-state index contributed by atoms with van der Waals surface area (Å²) in [6.45, 7) is 0. The van der Waals surface area contributed by atoms with Crippen molar-refractivity contribution < 1.29 is 9.53 Å². The average molecular weight is 297 g/mol. The summed E-state index contributed by atoms with van der Waals surface area (Å²) in [6.07, 6.45) is 4.07. The van der Waals surface area contributed by atoms with Crippen LogP contribution in [0.4, 0.5) is 0 Å². The zero-order valence-electron chi connectivity index (χ0n) is 11.9. The fourth-order valence-electron chi connectivity index (χ4n) is 2.34. The average Bonchev–Trinajstić information content (AvgIpc) is 2.97. The predicted octanol–water partition coefficient (Wildman–Crippen LogP) is 4.14. The topological polar surface area (TPSA) is 31.2 Å². The molecule has 3 aromatic rings. The van der Waals surface area contributed by atoms with Crippen LogP contribution >= 0.6 is 11.8 Å². The third-order valence-corrected chi connectivity index (χ3v) is 4.21. The quantitative estimate of drug-likeness (QED) is 0.538. The van der Waals surface area contributed by atoms with Gasteiger partial charge in [-0.3, -0.25) is 0 Å². The van der Waals surface area contributed by atoms with E-state index in [1.165, 1.54) is 12.0 Å². The van der Waals surface area contributed by atoms with Gasteiger partial charge in [0.1, 0.15) is 0 Å². The highest BCUT2D eigenvalue weighted by Gasteiger charge is 2.09. The van der Waals surface area contributed by atoms with Gasteiger partial charge in [0, 0.05) is 16.8 Å². The Kier molecular flexibility index (Phi) is 3.71. The lowest BCUT2D eigenvalue weighted by atomic mass is 10.1. The number of ether oxygens (including phenoxy) is 1. The lowest BCUT2D eigenvalue weighted by Gasteiger charge is -2.07. The van der Waals surface area contributed by atoms with E-state index in [9.17, 15) is 4.79 Å². The highest BCUT2D eigenvalue weighted by molar-refractivity contribution is 7.98. The number of fused-ring (bicyclic) bond motifs is 1. The number of hydrogen-bond donors (Lipinski definition) is 0. The van der Waals surface area contributed by atoms with Crippen molar-refractivity contribution in [1.82, 2.24) is 4.57 Å². The van der Waals surface area contributed by atoms with E-state index < -0.39 is 0 Å². The maximum atomic E-state index is 11.7. The molecule has 21 heavy (non-hydrogen) atoms. The largest absolute Gasteiger partial charge is 0.465 e. The summed E-state index contributed by atoms with van der Waals surface area (Å²) in [5, 5.41) is 1.09. The van der Waals surface area contributed by atoms with Gasteiger partial charge in [0.05, 0.1) is 18.2 Å². The van der Waals surface area contributed by atoms with E-state index in [1.54, 1.807) is 17.8 Å². The number of nitrogens with zero attached hydrogens (tertiary/aromatic N) is 1. The zero-order valence-corrected chi connectivity index (χ0v) is 12.7. The summed E-state index contributed by atoms with van der Waals surface area (Å²) in [5.74, 6) is -0.317. The fourth-order valence-corrected chi connectivity index (χ4v) is 2.75. The zero-order chi connectivity index (χ0) is 14.8. The van der Waals surface area contributed by atoms with Crippen LogP contribution in [-0.2, 0) is 4.74 Å². The number of aromatic nitrogens is 1. The van der Waals surface area contributed by atoms with E-state index in [2.05, 4.69) is 35.1 Å². The van der Waals surface area contributed by atoms with Crippen LogP contribution in [0.25, 0.3) is 16.6 Å². The van der Waals surface area contributed by atoms with E-state index in [0.717, 1.165) is 16.6 Å². The molecule has 2 aromatic carbocycles. The molecule has 0 radical (unpaired) electrons. The predicted molar refractivity (Wildman–Crippen MR) is 86.4 cm³/mol. The Morgan fingerprint density at radius 1 is 1.10 bits per heavy atom. The second-order valence-electron chi connectivity index (χ2n) is 4.65. The molecular formula is C17H15NO2S. The van der Waals surface area contributed by atoms with Crippen LogP contribution in [0, 0.1) is 0 Å². The Hall–Kier alpha value is -2.20. The molecule has 0 fully saturated rings. The minimum Gasteiger partial charge on any atom is -0.465 e. The first-order valence-corrected chi connectivity index (χ1v) is 7.79. The molecule has 0 amide bonds. The molecule has 4 heteroatoms. The third kappa shape index (κ3) is 2.54. The Morgan fingerprint density at radius 3 is 2.52 bits per heavy atom. The minimum absolute atomic E-state index is 0.317. The SMILES string of the molecule is COC(=O)c1ccc2ccn(-c3ccc(SC)cc3)c2c1. The van der Waals surface area contributed by atoms with Crippen LogP contribution in [0.2, 0.25) is 0 Å². The smallest absolute Gasteiger partial charge is 0.337 e. The lowest BCUT2D eigenvalue weighted by molar-refractivity contribution is 0.0601. The molecule has 0 aliphatic rings. The van der Waals surface area contributed by atoms with Crippen molar-refractivity contribution in [2.45, 2.75) is 4.90 Å². The van der Waals surface area contributed by atoms with Crippen molar-refractivity contribution in [3.05, 3.63) is 60.3 Å². The molecule has 0 saturated heterocycles. The highest BCUT2D eigenvalue weighted by Crippen LogP contribution is 2.24. The van der Waals surface area contributed by atoms with Crippen molar-refractivity contribution in [2.24, 2.45) is 0 Å². The molecule has 3 nitrogen and oxygen atoms in total. The van der Waals surface area contributed by atoms with Gasteiger partial charge in [0.2, 0.25) is 0 Å². The molecule has 3 rings (SSSR count). The molecule has 0 saturated carbocycles. The summed E-state index contributed by atoms with van der Waals surface area (Å²) >= 11 is 1.72. The molecule has 0 aliphatic heterocycles. The first-order chi connectivity index (χ1) is 10.2. The van der Waals surface area contributed by atoms with Crippen molar-refractivity contribution in [1.29, 1.82) is 0 Å². The van der Waals surface area contributed by atoms with Crippen molar-refractivity contribution >= 4 is 28.6 Å². The highest BCUT2D eigenvalue weighted by atomic mass is 32.2. The molecule has 0 bridgehead atoms. The summed E-state index contributed by atoms with van der Waals surface area (Å²) in [6, 6.07) is 16.0. The van der Waals surface area contributed by atoms with Crippen LogP contribution in [0.5, 0.6) is 0 Å². The molecule has 1 heterocycles. The van der Waals surface area contributed by atoms with Gasteiger partial charge in [-0.25, -0.2) is 4.79 Å². The van der Waals surface area contributed by atoms with Crippen LogP contribution in [0.1, 0.15) is 10.4 Å². The standard InChI is InChI=1S/C17H15NO2S/c1-20-17(19)13-4-3-12-9-10-18(16(12)11-13)14-5-7-15(21-2)8-6-14/h3-11H,1-2H3. The van der Waals surface area contributed by atoms with E-state index in [0.29, 0.717) is 5.56 Å². The lowest BCUT2D eigenvalue weighted by Crippen LogP contribution is -2.01. The second-order valence-corrected chi connectivity index (χ2v) is 5.53. The number of esters is 1. The maximum Gasteiger partial charge on any atom is 0.337 e. The normalized spacial score (nSPS) is 10.8. The van der Waals surface area contributed by atoms with E-state index in [1.807, 2.05) is 24.4 Å². The van der Waals surface area contributed by atoms with E-state index in [4.69, 9.17) is 4.74 Å². The van der Waals surface area contributed by atoms with Gasteiger partial charge < -0.3 is 9.30 Å². The number of thioether (sulfide) groups is 1. The van der Waals surface area contributed by atoms with Gasteiger partial charge >= 0.3 is 5.97 Å². The number of carbonyl (C=O) groups is 1. The molecule has 106 valence electrons. The van der Waals surface area contributed by atoms with Crippen LogP contribution < -0.4 is 0 Å². The van der Waals surface area contributed by atoms with Crippen molar-refractivity contribution in [3.8, 4) is 5.69 Å². The van der Waals surface area contributed by atoms with Crippen LogP contribution in [0.15, 0.2) is 59.6 Å². The summed E-state index contributed by atoms with van der Waals surface area (Å²) < 4.78 is 6.86. The number of benzene rings is 2. The van der Waals surface area contributed by atoms with Gasteiger partial charge in [0.15, 0.2) is 0 Å². The molecule has 0 N–H and O–H groups in total. The van der Waals surface area contributed by atoms with Gasteiger partial charge in [-0.15, -0.1) is 11.8 Å². The maximum absolute atomic E-state index is 11.7. The summed E-state index contributed by atoms with van der Waals surface area (Å²) in [4.78, 5) is 12.9. The van der Waals surface area contributed by atoms with Gasteiger partial charge in [0.25, 0.3) is 0 Å². The Bertz CT molecular complexity index is 790. The van der Waals surface area contributed by atoms with E-state index >= 15 is 0 Å². The third-order valence-electron chi connectivity index (χ3n) is 3.46. The Labute approximate surface area is 127 Å². The van der Waals surface area contributed by atoms with Gasteiger partial charge in [-0.2, -0.15) is 0 Å². The Balaban J connectivity index is 2.11. The first-order valence-electron chi connectivity index (χ1n) is 6.57. The van der Waals surface area contributed by atoms with E-state index in [-0.39, 0.29) is 5.97 Å². The monoisotopic (exact) mass is 297 g/mol. The molecule has 1 aromatic heterocycles. The van der Waals surface area contributed by atoms with Crippen molar-refractivity contribution in [3.63, 3.8) is 0 Å². The number of hydrogen-bond acceptors (Lipinski definition) is 3. The molecular weight excluding hydrogens is 282 g/mol. The fraction of sp³-hybridized carbons (Fsp3) is 0.118. The first kappa shape index (κ1) is 13.8. The minimum atomic E-state index is -0.317. The molecule has 0 aliphatic carbocycles. The summed E-state index contributed by atoms with van der Waals surface area (Å²) in [7, 11) is 1.40. The number of carbonyl (C=O) groups excluding carboxylic acids is 1. The number of rotatable bonds is 3. The van der Waals surface area contributed by atoms with Crippen molar-refractivity contribution in [2.75, 3.05) is 13.4 Å². The molecule has 0 unspecified atom stereocenters. The second kappa shape index (κ2) is 5.66.